The van der Waals surface area contributed by atoms with E-state index in [1.807, 2.05) is 11.4 Å². The molecule has 1 aromatic rings. The Morgan fingerprint density at radius 1 is 1.61 bits per heavy atom. The average Bonchev–Trinajstić information content (AvgIpc) is 2.75. The summed E-state index contributed by atoms with van der Waals surface area (Å²) < 4.78 is 6.79. The Morgan fingerprint density at radius 2 is 2.39 bits per heavy atom. The SMILES string of the molecule is CC(C)N1CCOC(C(O)Cc2sccc2Br)C1. The summed E-state index contributed by atoms with van der Waals surface area (Å²) in [6.07, 6.45) is 0.158. The first-order chi connectivity index (χ1) is 8.58. The number of rotatable bonds is 4. The van der Waals surface area contributed by atoms with Gasteiger partial charge >= 0.3 is 0 Å². The Bertz CT molecular complexity index is 383. The molecular formula is C13H20BrNO2S. The van der Waals surface area contributed by atoms with Gasteiger partial charge in [-0.25, -0.2) is 0 Å². The van der Waals surface area contributed by atoms with Crippen LogP contribution in [0.2, 0.25) is 0 Å². The van der Waals surface area contributed by atoms with Gasteiger partial charge in [0.25, 0.3) is 0 Å². The van der Waals surface area contributed by atoms with E-state index in [2.05, 4.69) is 34.7 Å². The zero-order valence-electron chi connectivity index (χ0n) is 10.8. The number of thiophene rings is 1. The van der Waals surface area contributed by atoms with E-state index in [1.54, 1.807) is 11.3 Å². The molecule has 0 aliphatic carbocycles. The second-order valence-electron chi connectivity index (χ2n) is 4.96. The molecule has 1 aromatic heterocycles. The van der Waals surface area contributed by atoms with Crippen molar-refractivity contribution in [2.45, 2.75) is 38.5 Å². The van der Waals surface area contributed by atoms with E-state index >= 15 is 0 Å². The molecule has 18 heavy (non-hydrogen) atoms. The maximum Gasteiger partial charge on any atom is 0.0964 e. The molecule has 0 amide bonds. The van der Waals surface area contributed by atoms with Crippen LogP contribution in [0.4, 0.5) is 0 Å². The molecule has 0 spiro atoms. The smallest absolute Gasteiger partial charge is 0.0964 e. The van der Waals surface area contributed by atoms with Crippen molar-refractivity contribution in [1.29, 1.82) is 0 Å². The van der Waals surface area contributed by atoms with E-state index in [0.717, 1.165) is 17.6 Å². The summed E-state index contributed by atoms with van der Waals surface area (Å²) in [5, 5.41) is 12.3. The standard InChI is InChI=1S/C13H20BrNO2S/c1-9(2)15-4-5-17-12(8-15)11(16)7-13-10(14)3-6-18-13/h3,6,9,11-12,16H,4-5,7-8H2,1-2H3. The minimum absolute atomic E-state index is 0.0739. The maximum atomic E-state index is 10.3. The number of hydrogen-bond donors (Lipinski definition) is 1. The summed E-state index contributed by atoms with van der Waals surface area (Å²) in [6, 6.07) is 2.53. The Morgan fingerprint density at radius 3 is 3.00 bits per heavy atom. The third-order valence-electron chi connectivity index (χ3n) is 3.37. The fourth-order valence-corrected chi connectivity index (χ4v) is 3.76. The molecule has 1 saturated heterocycles. The van der Waals surface area contributed by atoms with Crippen LogP contribution in [0.3, 0.4) is 0 Å². The van der Waals surface area contributed by atoms with Gasteiger partial charge in [0.2, 0.25) is 0 Å². The quantitative estimate of drug-likeness (QED) is 0.918. The van der Waals surface area contributed by atoms with Crippen molar-refractivity contribution in [2.24, 2.45) is 0 Å². The van der Waals surface area contributed by atoms with E-state index in [1.165, 1.54) is 4.88 Å². The number of ether oxygens (including phenoxy) is 1. The molecule has 3 nitrogen and oxygen atoms in total. The first-order valence-electron chi connectivity index (χ1n) is 6.33. The van der Waals surface area contributed by atoms with Crippen LogP contribution in [0.25, 0.3) is 0 Å². The molecule has 5 heteroatoms. The first kappa shape index (κ1) is 14.5. The number of aliphatic hydroxyl groups excluding tert-OH is 1. The zero-order chi connectivity index (χ0) is 13.1. The van der Waals surface area contributed by atoms with Crippen LogP contribution >= 0.6 is 27.3 Å². The summed E-state index contributed by atoms with van der Waals surface area (Å²) >= 11 is 5.17. The van der Waals surface area contributed by atoms with Crippen molar-refractivity contribution in [1.82, 2.24) is 4.90 Å². The molecule has 102 valence electrons. The molecule has 1 fully saturated rings. The lowest BCUT2D eigenvalue weighted by atomic mass is 10.1. The number of aliphatic hydroxyl groups is 1. The van der Waals surface area contributed by atoms with Gasteiger partial charge in [-0.1, -0.05) is 0 Å². The summed E-state index contributed by atoms with van der Waals surface area (Å²) in [6.45, 7) is 6.87. The summed E-state index contributed by atoms with van der Waals surface area (Å²) in [7, 11) is 0. The molecule has 1 N–H and O–H groups in total. The average molecular weight is 334 g/mol. The Balaban J connectivity index is 1.92. The van der Waals surface area contributed by atoms with Crippen molar-refractivity contribution in [3.63, 3.8) is 0 Å². The topological polar surface area (TPSA) is 32.7 Å². The van der Waals surface area contributed by atoms with Gasteiger partial charge in [0.1, 0.15) is 0 Å². The van der Waals surface area contributed by atoms with Gasteiger partial charge in [-0.2, -0.15) is 0 Å². The second kappa shape index (κ2) is 6.48. The molecule has 2 rings (SSSR count). The van der Waals surface area contributed by atoms with Crippen molar-refractivity contribution in [2.75, 3.05) is 19.7 Å². The second-order valence-corrected chi connectivity index (χ2v) is 6.82. The Labute approximate surface area is 121 Å². The van der Waals surface area contributed by atoms with E-state index < -0.39 is 6.10 Å². The molecule has 2 unspecified atom stereocenters. The number of halogens is 1. The minimum Gasteiger partial charge on any atom is -0.390 e. The van der Waals surface area contributed by atoms with Gasteiger partial charge < -0.3 is 9.84 Å². The maximum absolute atomic E-state index is 10.3. The predicted molar refractivity (Wildman–Crippen MR) is 78.2 cm³/mol. The fraction of sp³-hybridized carbons (Fsp3) is 0.692. The van der Waals surface area contributed by atoms with E-state index in [4.69, 9.17) is 4.74 Å². The Hall–Kier alpha value is 0.0600. The summed E-state index contributed by atoms with van der Waals surface area (Å²) in [5.74, 6) is 0. The zero-order valence-corrected chi connectivity index (χ0v) is 13.2. The van der Waals surface area contributed by atoms with E-state index in [0.29, 0.717) is 19.1 Å². The highest BCUT2D eigenvalue weighted by molar-refractivity contribution is 9.10. The number of morpholine rings is 1. The highest BCUT2D eigenvalue weighted by Crippen LogP contribution is 2.25. The largest absolute Gasteiger partial charge is 0.390 e. The first-order valence-corrected chi connectivity index (χ1v) is 8.00. The molecule has 0 bridgehead atoms. The third kappa shape index (κ3) is 3.54. The summed E-state index contributed by atoms with van der Waals surface area (Å²) in [5.41, 5.74) is 0. The highest BCUT2D eigenvalue weighted by atomic mass is 79.9. The fourth-order valence-electron chi connectivity index (χ4n) is 2.19. The number of nitrogens with zero attached hydrogens (tertiary/aromatic N) is 1. The lowest BCUT2D eigenvalue weighted by Gasteiger charge is -2.37. The Kier molecular flexibility index (Phi) is 5.21. The van der Waals surface area contributed by atoms with Gasteiger partial charge in [0.05, 0.1) is 18.8 Å². The van der Waals surface area contributed by atoms with Crippen molar-refractivity contribution >= 4 is 27.3 Å². The van der Waals surface area contributed by atoms with Crippen LogP contribution < -0.4 is 0 Å². The molecule has 1 aliphatic rings. The van der Waals surface area contributed by atoms with Gasteiger partial charge in [0, 0.05) is 34.9 Å². The van der Waals surface area contributed by atoms with E-state index in [9.17, 15) is 5.11 Å². The van der Waals surface area contributed by atoms with Gasteiger partial charge in [-0.3, -0.25) is 4.90 Å². The van der Waals surface area contributed by atoms with Crippen molar-refractivity contribution < 1.29 is 9.84 Å². The van der Waals surface area contributed by atoms with Crippen LogP contribution in [0, 0.1) is 0 Å². The van der Waals surface area contributed by atoms with Crippen LogP contribution in [-0.4, -0.2) is 48.0 Å². The van der Waals surface area contributed by atoms with Crippen LogP contribution in [-0.2, 0) is 11.2 Å². The van der Waals surface area contributed by atoms with Crippen LogP contribution in [0.1, 0.15) is 18.7 Å². The predicted octanol–water partition coefficient (Wildman–Crippen LogP) is 2.52. The van der Waals surface area contributed by atoms with Crippen LogP contribution in [0.5, 0.6) is 0 Å². The normalized spacial score (nSPS) is 23.5. The lowest BCUT2D eigenvalue weighted by Crippen LogP contribution is -2.50. The number of hydrogen-bond acceptors (Lipinski definition) is 4. The molecular weight excluding hydrogens is 314 g/mol. The minimum atomic E-state index is -0.429. The van der Waals surface area contributed by atoms with Crippen LogP contribution in [0.15, 0.2) is 15.9 Å². The van der Waals surface area contributed by atoms with Gasteiger partial charge in [-0.05, 0) is 41.2 Å². The van der Waals surface area contributed by atoms with Gasteiger partial charge in [0.15, 0.2) is 0 Å². The molecule has 0 radical (unpaired) electrons. The summed E-state index contributed by atoms with van der Waals surface area (Å²) in [4.78, 5) is 3.55. The van der Waals surface area contributed by atoms with E-state index in [-0.39, 0.29) is 6.10 Å². The van der Waals surface area contributed by atoms with Crippen molar-refractivity contribution in [3.05, 3.63) is 20.8 Å². The molecule has 0 saturated carbocycles. The van der Waals surface area contributed by atoms with Gasteiger partial charge in [-0.15, -0.1) is 11.3 Å². The lowest BCUT2D eigenvalue weighted by molar-refractivity contribution is -0.0939. The molecule has 2 atom stereocenters. The molecule has 0 aromatic carbocycles. The monoisotopic (exact) mass is 333 g/mol. The third-order valence-corrected chi connectivity index (χ3v) is 5.32. The molecule has 2 heterocycles. The highest BCUT2D eigenvalue weighted by Gasteiger charge is 2.28. The molecule has 1 aliphatic heterocycles. The van der Waals surface area contributed by atoms with Crippen molar-refractivity contribution in [3.8, 4) is 0 Å².